The van der Waals surface area contributed by atoms with Crippen LogP contribution in [0.2, 0.25) is 0 Å². The van der Waals surface area contributed by atoms with Crippen molar-refractivity contribution in [2.24, 2.45) is 5.92 Å². The number of carbonyl (C=O) groups is 2. The van der Waals surface area contributed by atoms with E-state index in [1.807, 2.05) is 19.0 Å². The van der Waals surface area contributed by atoms with Gasteiger partial charge in [0.05, 0.1) is 13.2 Å². The summed E-state index contributed by atoms with van der Waals surface area (Å²) < 4.78 is 10.2. The van der Waals surface area contributed by atoms with Crippen LogP contribution >= 0.6 is 0 Å². The number of nitrogens with zero attached hydrogens (tertiary/aromatic N) is 1. The summed E-state index contributed by atoms with van der Waals surface area (Å²) in [5.74, 6) is -0.804. The standard InChI is InChI=1S/C13H19NO4/c1-5-17-13(16)9(2)12(15)11-7-6-10(18-11)8-14(3)4/h6-7,9H,5,8H2,1-4H3. The van der Waals surface area contributed by atoms with Gasteiger partial charge in [0.15, 0.2) is 5.76 Å². The molecule has 1 aromatic heterocycles. The number of ketones is 1. The summed E-state index contributed by atoms with van der Waals surface area (Å²) in [5, 5.41) is 0. The molecule has 0 aliphatic carbocycles. The molecule has 0 radical (unpaired) electrons. The van der Waals surface area contributed by atoms with Crippen LogP contribution in [0.3, 0.4) is 0 Å². The van der Waals surface area contributed by atoms with E-state index in [2.05, 4.69) is 0 Å². The fraction of sp³-hybridized carbons (Fsp3) is 0.538. The Labute approximate surface area is 107 Å². The molecule has 5 heteroatoms. The predicted octanol–water partition coefficient (Wildman–Crippen LogP) is 1.72. The summed E-state index contributed by atoms with van der Waals surface area (Å²) in [4.78, 5) is 25.3. The first-order chi connectivity index (χ1) is 8.45. The fourth-order valence-corrected chi connectivity index (χ4v) is 1.49. The number of carbonyl (C=O) groups excluding carboxylic acids is 2. The second kappa shape index (κ2) is 6.35. The van der Waals surface area contributed by atoms with E-state index in [1.54, 1.807) is 19.1 Å². The normalized spacial score (nSPS) is 12.5. The minimum absolute atomic E-state index is 0.201. The molecule has 0 N–H and O–H groups in total. The van der Waals surface area contributed by atoms with Gasteiger partial charge in [0.1, 0.15) is 11.7 Å². The number of furan rings is 1. The molecular weight excluding hydrogens is 234 g/mol. The van der Waals surface area contributed by atoms with E-state index >= 15 is 0 Å². The van der Waals surface area contributed by atoms with Gasteiger partial charge in [-0.25, -0.2) is 0 Å². The van der Waals surface area contributed by atoms with E-state index in [0.717, 1.165) is 0 Å². The summed E-state index contributed by atoms with van der Waals surface area (Å²) in [7, 11) is 3.82. The van der Waals surface area contributed by atoms with Crippen LogP contribution in [0.15, 0.2) is 16.5 Å². The van der Waals surface area contributed by atoms with Crippen molar-refractivity contribution in [2.75, 3.05) is 20.7 Å². The first kappa shape index (κ1) is 14.4. The van der Waals surface area contributed by atoms with Gasteiger partial charge in [0.2, 0.25) is 5.78 Å². The van der Waals surface area contributed by atoms with E-state index in [0.29, 0.717) is 12.3 Å². The highest BCUT2D eigenvalue weighted by molar-refractivity contribution is 6.06. The van der Waals surface area contributed by atoms with Gasteiger partial charge in [0.25, 0.3) is 0 Å². The molecule has 1 atom stereocenters. The van der Waals surface area contributed by atoms with Gasteiger partial charge in [-0.15, -0.1) is 0 Å². The van der Waals surface area contributed by atoms with Crippen LogP contribution in [0, 0.1) is 5.92 Å². The predicted molar refractivity (Wildman–Crippen MR) is 66.2 cm³/mol. The third kappa shape index (κ3) is 3.70. The summed E-state index contributed by atoms with van der Waals surface area (Å²) >= 11 is 0. The van der Waals surface area contributed by atoms with Gasteiger partial charge in [-0.3, -0.25) is 9.59 Å². The van der Waals surface area contributed by atoms with Crippen molar-refractivity contribution in [1.29, 1.82) is 0 Å². The zero-order chi connectivity index (χ0) is 13.7. The van der Waals surface area contributed by atoms with Crippen LogP contribution < -0.4 is 0 Å². The van der Waals surface area contributed by atoms with Crippen molar-refractivity contribution in [1.82, 2.24) is 4.90 Å². The quantitative estimate of drug-likeness (QED) is 0.439. The maximum Gasteiger partial charge on any atom is 0.316 e. The second-order valence-electron chi connectivity index (χ2n) is 4.34. The molecule has 0 aliphatic heterocycles. The van der Waals surface area contributed by atoms with Gasteiger partial charge in [-0.05, 0) is 40.1 Å². The van der Waals surface area contributed by atoms with Crippen LogP contribution in [0.1, 0.15) is 30.2 Å². The topological polar surface area (TPSA) is 59.8 Å². The molecule has 0 aliphatic rings. The molecule has 0 saturated heterocycles. The molecule has 0 fully saturated rings. The molecule has 1 heterocycles. The number of Topliss-reactive ketones (excluding diaryl/α,β-unsaturated/α-hetero) is 1. The third-order valence-corrected chi connectivity index (χ3v) is 2.41. The Bertz CT molecular complexity index is 422. The molecule has 0 bridgehead atoms. The molecule has 0 spiro atoms. The Morgan fingerprint density at radius 1 is 1.39 bits per heavy atom. The smallest absolute Gasteiger partial charge is 0.316 e. The van der Waals surface area contributed by atoms with Crippen molar-refractivity contribution in [3.63, 3.8) is 0 Å². The van der Waals surface area contributed by atoms with Crippen molar-refractivity contribution >= 4 is 11.8 Å². The highest BCUT2D eigenvalue weighted by Gasteiger charge is 2.26. The van der Waals surface area contributed by atoms with E-state index in [-0.39, 0.29) is 18.2 Å². The average molecular weight is 253 g/mol. The zero-order valence-electron chi connectivity index (χ0n) is 11.2. The minimum atomic E-state index is -0.830. The second-order valence-corrected chi connectivity index (χ2v) is 4.34. The van der Waals surface area contributed by atoms with Crippen LogP contribution in [-0.4, -0.2) is 37.4 Å². The van der Waals surface area contributed by atoms with Gasteiger partial charge in [-0.2, -0.15) is 0 Å². The van der Waals surface area contributed by atoms with E-state index in [1.165, 1.54) is 6.92 Å². The van der Waals surface area contributed by atoms with E-state index < -0.39 is 11.9 Å². The average Bonchev–Trinajstić information content (AvgIpc) is 2.75. The molecular formula is C13H19NO4. The number of hydrogen-bond donors (Lipinski definition) is 0. The van der Waals surface area contributed by atoms with Gasteiger partial charge < -0.3 is 14.1 Å². The summed E-state index contributed by atoms with van der Waals surface area (Å²) in [6, 6.07) is 3.34. The highest BCUT2D eigenvalue weighted by atomic mass is 16.5. The Hall–Kier alpha value is -1.62. The third-order valence-electron chi connectivity index (χ3n) is 2.41. The molecule has 5 nitrogen and oxygen atoms in total. The molecule has 0 amide bonds. The molecule has 0 aromatic carbocycles. The van der Waals surface area contributed by atoms with Gasteiger partial charge >= 0.3 is 5.97 Å². The lowest BCUT2D eigenvalue weighted by Crippen LogP contribution is -2.23. The Balaban J connectivity index is 2.72. The lowest BCUT2D eigenvalue weighted by atomic mass is 10.1. The lowest BCUT2D eigenvalue weighted by Gasteiger charge is -2.08. The molecule has 1 rings (SSSR count). The lowest BCUT2D eigenvalue weighted by molar-refractivity contribution is -0.145. The monoisotopic (exact) mass is 253 g/mol. The minimum Gasteiger partial charge on any atom is -0.465 e. The largest absolute Gasteiger partial charge is 0.465 e. The van der Waals surface area contributed by atoms with Gasteiger partial charge in [0, 0.05) is 0 Å². The van der Waals surface area contributed by atoms with Crippen LogP contribution in [0.25, 0.3) is 0 Å². The van der Waals surface area contributed by atoms with Crippen molar-refractivity contribution < 1.29 is 18.7 Å². The maximum atomic E-state index is 12.0. The molecule has 18 heavy (non-hydrogen) atoms. The maximum absolute atomic E-state index is 12.0. The Morgan fingerprint density at radius 3 is 2.61 bits per heavy atom. The molecule has 100 valence electrons. The summed E-state index contributed by atoms with van der Waals surface area (Å²) in [6.07, 6.45) is 0. The first-order valence-electron chi connectivity index (χ1n) is 5.90. The summed E-state index contributed by atoms with van der Waals surface area (Å²) in [6.45, 7) is 4.10. The molecule has 1 unspecified atom stereocenters. The number of esters is 1. The van der Waals surface area contributed by atoms with Crippen LogP contribution in [0.4, 0.5) is 0 Å². The van der Waals surface area contributed by atoms with E-state index in [9.17, 15) is 9.59 Å². The van der Waals surface area contributed by atoms with Crippen molar-refractivity contribution in [3.05, 3.63) is 23.7 Å². The van der Waals surface area contributed by atoms with Crippen LogP contribution in [0.5, 0.6) is 0 Å². The highest BCUT2D eigenvalue weighted by Crippen LogP contribution is 2.15. The van der Waals surface area contributed by atoms with Crippen LogP contribution in [-0.2, 0) is 16.1 Å². The van der Waals surface area contributed by atoms with E-state index in [4.69, 9.17) is 9.15 Å². The van der Waals surface area contributed by atoms with Crippen molar-refractivity contribution in [3.8, 4) is 0 Å². The zero-order valence-corrected chi connectivity index (χ0v) is 11.2. The number of rotatable bonds is 6. The van der Waals surface area contributed by atoms with Crippen molar-refractivity contribution in [2.45, 2.75) is 20.4 Å². The number of hydrogen-bond acceptors (Lipinski definition) is 5. The SMILES string of the molecule is CCOC(=O)C(C)C(=O)c1ccc(CN(C)C)o1. The molecule has 1 aromatic rings. The molecule has 0 saturated carbocycles. The fourth-order valence-electron chi connectivity index (χ4n) is 1.49. The Kier molecular flexibility index (Phi) is 5.09. The first-order valence-corrected chi connectivity index (χ1v) is 5.90. The Morgan fingerprint density at radius 2 is 2.06 bits per heavy atom. The van der Waals surface area contributed by atoms with Gasteiger partial charge in [-0.1, -0.05) is 0 Å². The number of ether oxygens (including phenoxy) is 1. The summed E-state index contributed by atoms with van der Waals surface area (Å²) in [5.41, 5.74) is 0.